The normalized spacial score (nSPS) is 15.1. The topological polar surface area (TPSA) is 84.2 Å². The van der Waals surface area contributed by atoms with Gasteiger partial charge in [0.05, 0.1) is 5.69 Å². The van der Waals surface area contributed by atoms with E-state index in [-0.39, 0.29) is 11.6 Å². The molecule has 1 aromatic heterocycles. The molecule has 2 aromatic rings. The van der Waals surface area contributed by atoms with E-state index in [0.717, 1.165) is 35.3 Å². The number of carbonyl (C=O) groups excluding carboxylic acids is 1. The zero-order chi connectivity index (χ0) is 17.4. The summed E-state index contributed by atoms with van der Waals surface area (Å²) in [7, 11) is 0. The smallest absolute Gasteiger partial charge is 0.326 e. The molecular formula is C18H21N3O3. The number of carboxylic acids is 1. The summed E-state index contributed by atoms with van der Waals surface area (Å²) < 4.78 is 1.71. The van der Waals surface area contributed by atoms with Crippen LogP contribution in [0, 0.1) is 26.7 Å². The van der Waals surface area contributed by atoms with Crippen LogP contribution in [0.1, 0.15) is 40.2 Å². The zero-order valence-corrected chi connectivity index (χ0v) is 14.0. The summed E-state index contributed by atoms with van der Waals surface area (Å²) in [6.45, 7) is 5.89. The molecule has 0 spiro atoms. The van der Waals surface area contributed by atoms with E-state index in [1.807, 2.05) is 32.9 Å². The van der Waals surface area contributed by atoms with Crippen LogP contribution < -0.4 is 5.32 Å². The van der Waals surface area contributed by atoms with Crippen LogP contribution in [0.3, 0.4) is 0 Å². The van der Waals surface area contributed by atoms with Crippen LogP contribution in [0.4, 0.5) is 0 Å². The third kappa shape index (κ3) is 3.32. The first kappa shape index (κ1) is 16.2. The van der Waals surface area contributed by atoms with Crippen LogP contribution in [0.2, 0.25) is 0 Å². The highest BCUT2D eigenvalue weighted by atomic mass is 16.4. The van der Waals surface area contributed by atoms with Gasteiger partial charge in [-0.3, -0.25) is 4.79 Å². The second-order valence-corrected chi connectivity index (χ2v) is 6.56. The van der Waals surface area contributed by atoms with Crippen molar-refractivity contribution >= 4 is 11.9 Å². The van der Waals surface area contributed by atoms with Gasteiger partial charge in [-0.15, -0.1) is 0 Å². The Hall–Kier alpha value is -2.63. The van der Waals surface area contributed by atoms with Gasteiger partial charge in [0.1, 0.15) is 6.04 Å². The summed E-state index contributed by atoms with van der Waals surface area (Å²) in [5, 5.41) is 16.2. The molecule has 24 heavy (non-hydrogen) atoms. The quantitative estimate of drug-likeness (QED) is 0.883. The maximum atomic E-state index is 12.4. The molecule has 1 amide bonds. The fourth-order valence-corrected chi connectivity index (χ4v) is 2.95. The standard InChI is InChI=1S/C18H21N3O3/c1-10-6-11(2)8-14(7-10)21-12(3)9-15(20-21)17(22)19-16(18(23)24)13-4-5-13/h6-9,13,16H,4-5H2,1-3H3,(H,19,22)(H,23,24). The lowest BCUT2D eigenvalue weighted by molar-refractivity contribution is -0.139. The molecule has 1 heterocycles. The van der Waals surface area contributed by atoms with Gasteiger partial charge in [-0.05, 0) is 68.9 Å². The number of rotatable bonds is 5. The lowest BCUT2D eigenvalue weighted by Gasteiger charge is -2.12. The molecule has 0 bridgehead atoms. The summed E-state index contributed by atoms with van der Waals surface area (Å²) in [6.07, 6.45) is 1.68. The molecule has 3 rings (SSSR count). The van der Waals surface area contributed by atoms with Gasteiger partial charge in [-0.2, -0.15) is 5.10 Å². The number of hydrogen-bond acceptors (Lipinski definition) is 3. The Kier molecular flexibility index (Phi) is 4.13. The van der Waals surface area contributed by atoms with Crippen molar-refractivity contribution in [2.75, 3.05) is 0 Å². The molecule has 1 unspecified atom stereocenters. The van der Waals surface area contributed by atoms with E-state index in [1.165, 1.54) is 0 Å². The zero-order valence-electron chi connectivity index (χ0n) is 14.0. The highest BCUT2D eigenvalue weighted by Gasteiger charge is 2.37. The lowest BCUT2D eigenvalue weighted by atomic mass is 10.1. The Balaban J connectivity index is 1.85. The van der Waals surface area contributed by atoms with E-state index < -0.39 is 17.9 Å². The van der Waals surface area contributed by atoms with Gasteiger partial charge in [-0.1, -0.05) is 6.07 Å². The van der Waals surface area contributed by atoms with Gasteiger partial charge in [0, 0.05) is 5.69 Å². The Bertz CT molecular complexity index is 786. The Morgan fingerprint density at radius 2 is 1.79 bits per heavy atom. The van der Waals surface area contributed by atoms with Gasteiger partial charge in [-0.25, -0.2) is 9.48 Å². The summed E-state index contributed by atoms with van der Waals surface area (Å²) in [5.41, 5.74) is 4.18. The summed E-state index contributed by atoms with van der Waals surface area (Å²) in [5.74, 6) is -1.40. The van der Waals surface area contributed by atoms with Gasteiger partial charge in [0.15, 0.2) is 5.69 Å². The van der Waals surface area contributed by atoms with Crippen molar-refractivity contribution in [3.8, 4) is 5.69 Å². The maximum absolute atomic E-state index is 12.4. The molecule has 1 aromatic carbocycles. The minimum atomic E-state index is -0.990. The molecule has 1 saturated carbocycles. The van der Waals surface area contributed by atoms with E-state index in [4.69, 9.17) is 0 Å². The number of aryl methyl sites for hydroxylation is 3. The second kappa shape index (κ2) is 6.11. The van der Waals surface area contributed by atoms with Crippen LogP contribution in [0.15, 0.2) is 24.3 Å². The van der Waals surface area contributed by atoms with Crippen molar-refractivity contribution in [3.63, 3.8) is 0 Å². The van der Waals surface area contributed by atoms with Crippen LogP contribution in [-0.2, 0) is 4.79 Å². The van der Waals surface area contributed by atoms with Gasteiger partial charge in [0.25, 0.3) is 5.91 Å². The average molecular weight is 327 g/mol. The molecular weight excluding hydrogens is 306 g/mol. The third-order valence-corrected chi connectivity index (χ3v) is 4.22. The molecule has 2 N–H and O–H groups in total. The fourth-order valence-electron chi connectivity index (χ4n) is 2.95. The van der Waals surface area contributed by atoms with Crippen molar-refractivity contribution in [2.45, 2.75) is 39.7 Å². The van der Waals surface area contributed by atoms with Crippen LogP contribution >= 0.6 is 0 Å². The third-order valence-electron chi connectivity index (χ3n) is 4.22. The van der Waals surface area contributed by atoms with Crippen LogP contribution in [-0.4, -0.2) is 32.8 Å². The van der Waals surface area contributed by atoms with Gasteiger partial charge < -0.3 is 10.4 Å². The van der Waals surface area contributed by atoms with E-state index in [1.54, 1.807) is 10.7 Å². The van der Waals surface area contributed by atoms with Crippen molar-refractivity contribution in [2.24, 2.45) is 5.92 Å². The van der Waals surface area contributed by atoms with E-state index in [2.05, 4.69) is 16.5 Å². The number of aliphatic carboxylic acids is 1. The molecule has 126 valence electrons. The van der Waals surface area contributed by atoms with Crippen LogP contribution in [0.25, 0.3) is 5.69 Å². The number of nitrogens with one attached hydrogen (secondary N) is 1. The van der Waals surface area contributed by atoms with E-state index in [0.29, 0.717) is 0 Å². The first-order valence-electron chi connectivity index (χ1n) is 8.04. The van der Waals surface area contributed by atoms with E-state index >= 15 is 0 Å². The van der Waals surface area contributed by atoms with Gasteiger partial charge in [0.2, 0.25) is 0 Å². The number of benzene rings is 1. The van der Waals surface area contributed by atoms with Gasteiger partial charge >= 0.3 is 5.97 Å². The largest absolute Gasteiger partial charge is 0.480 e. The number of hydrogen-bond donors (Lipinski definition) is 2. The SMILES string of the molecule is Cc1cc(C)cc(-n2nc(C(=O)NC(C(=O)O)C3CC3)cc2C)c1. The van der Waals surface area contributed by atoms with Crippen molar-refractivity contribution in [3.05, 3.63) is 46.8 Å². The number of amides is 1. The number of aromatic nitrogens is 2. The molecule has 1 fully saturated rings. The number of carboxylic acid groups (broad SMARTS) is 1. The van der Waals surface area contributed by atoms with Crippen LogP contribution in [0.5, 0.6) is 0 Å². The van der Waals surface area contributed by atoms with Crippen molar-refractivity contribution in [1.29, 1.82) is 0 Å². The minimum absolute atomic E-state index is 0.0362. The Morgan fingerprint density at radius 3 is 2.33 bits per heavy atom. The Labute approximate surface area is 140 Å². The minimum Gasteiger partial charge on any atom is -0.480 e. The summed E-state index contributed by atoms with van der Waals surface area (Å²) in [6, 6.07) is 6.92. The molecule has 0 aliphatic heterocycles. The Morgan fingerprint density at radius 1 is 1.17 bits per heavy atom. The van der Waals surface area contributed by atoms with Crippen molar-refractivity contribution < 1.29 is 14.7 Å². The fraction of sp³-hybridized carbons (Fsp3) is 0.389. The molecule has 1 atom stereocenters. The molecule has 6 heteroatoms. The predicted molar refractivity (Wildman–Crippen MR) is 89.4 cm³/mol. The number of carbonyl (C=O) groups is 2. The lowest BCUT2D eigenvalue weighted by Crippen LogP contribution is -2.42. The highest BCUT2D eigenvalue weighted by molar-refractivity contribution is 5.95. The molecule has 6 nitrogen and oxygen atoms in total. The maximum Gasteiger partial charge on any atom is 0.326 e. The monoisotopic (exact) mass is 327 g/mol. The first-order chi connectivity index (χ1) is 11.3. The summed E-state index contributed by atoms with van der Waals surface area (Å²) >= 11 is 0. The average Bonchev–Trinajstić information content (AvgIpc) is 3.24. The summed E-state index contributed by atoms with van der Waals surface area (Å²) in [4.78, 5) is 23.6. The molecule has 1 aliphatic rings. The molecule has 0 saturated heterocycles. The van der Waals surface area contributed by atoms with Crippen molar-refractivity contribution in [1.82, 2.24) is 15.1 Å². The first-order valence-corrected chi connectivity index (χ1v) is 8.04. The predicted octanol–water partition coefficient (Wildman–Crippen LogP) is 2.39. The second-order valence-electron chi connectivity index (χ2n) is 6.56. The number of nitrogens with zero attached hydrogens (tertiary/aromatic N) is 2. The molecule has 0 radical (unpaired) electrons. The highest BCUT2D eigenvalue weighted by Crippen LogP contribution is 2.32. The van der Waals surface area contributed by atoms with E-state index in [9.17, 15) is 14.7 Å². The molecule has 1 aliphatic carbocycles.